The standard InChI is InChI=1S/C17H16F3N5/c1-3-25(11(2)17(18,19)20)16-13-6-9-22-10-14(13)23-15(24-16)12-4-7-21-8-5-12/h4-11H,3H2,1-2H3/t11-/m0/s1. The molecule has 0 aliphatic carbocycles. The zero-order valence-corrected chi connectivity index (χ0v) is 13.7. The van der Waals surface area contributed by atoms with Gasteiger partial charge < -0.3 is 4.90 Å². The highest BCUT2D eigenvalue weighted by molar-refractivity contribution is 5.90. The Labute approximate surface area is 142 Å². The van der Waals surface area contributed by atoms with Crippen LogP contribution in [-0.4, -0.2) is 38.7 Å². The number of fused-ring (bicyclic) bond motifs is 1. The van der Waals surface area contributed by atoms with Crippen molar-refractivity contribution in [2.75, 3.05) is 11.4 Å². The van der Waals surface area contributed by atoms with Crippen LogP contribution in [0.3, 0.4) is 0 Å². The largest absolute Gasteiger partial charge is 0.408 e. The molecule has 8 heteroatoms. The molecule has 0 aliphatic rings. The first-order valence-electron chi connectivity index (χ1n) is 7.77. The minimum atomic E-state index is -4.36. The number of nitrogens with zero attached hydrogens (tertiary/aromatic N) is 5. The first-order valence-corrected chi connectivity index (χ1v) is 7.77. The van der Waals surface area contributed by atoms with Crippen molar-refractivity contribution < 1.29 is 13.2 Å². The second kappa shape index (κ2) is 6.62. The first-order chi connectivity index (χ1) is 11.9. The predicted molar refractivity (Wildman–Crippen MR) is 89.1 cm³/mol. The summed E-state index contributed by atoms with van der Waals surface area (Å²) >= 11 is 0. The molecule has 3 heterocycles. The van der Waals surface area contributed by atoms with E-state index in [4.69, 9.17) is 0 Å². The van der Waals surface area contributed by atoms with Crippen molar-refractivity contribution >= 4 is 16.7 Å². The quantitative estimate of drug-likeness (QED) is 0.717. The highest BCUT2D eigenvalue weighted by atomic mass is 19.4. The molecule has 0 saturated heterocycles. The van der Waals surface area contributed by atoms with Crippen molar-refractivity contribution in [2.45, 2.75) is 26.1 Å². The van der Waals surface area contributed by atoms with Gasteiger partial charge in [-0.05, 0) is 32.0 Å². The normalized spacial score (nSPS) is 13.0. The molecule has 0 saturated carbocycles. The Morgan fingerprint density at radius 2 is 1.72 bits per heavy atom. The van der Waals surface area contributed by atoms with Gasteiger partial charge in [-0.25, -0.2) is 9.97 Å². The van der Waals surface area contributed by atoms with E-state index < -0.39 is 12.2 Å². The maximum atomic E-state index is 13.3. The fourth-order valence-electron chi connectivity index (χ4n) is 2.60. The predicted octanol–water partition coefficient (Wildman–Crippen LogP) is 3.86. The molecule has 1 atom stereocenters. The molecule has 0 fully saturated rings. The number of alkyl halides is 3. The minimum absolute atomic E-state index is 0.158. The summed E-state index contributed by atoms with van der Waals surface area (Å²) in [4.78, 5) is 18.1. The van der Waals surface area contributed by atoms with Crippen LogP contribution in [0.1, 0.15) is 13.8 Å². The molecule has 0 spiro atoms. The van der Waals surface area contributed by atoms with Crippen LogP contribution in [0.15, 0.2) is 43.0 Å². The van der Waals surface area contributed by atoms with Gasteiger partial charge in [0.1, 0.15) is 11.9 Å². The molecule has 3 aromatic heterocycles. The lowest BCUT2D eigenvalue weighted by atomic mass is 10.2. The number of aromatic nitrogens is 4. The Balaban J connectivity index is 2.22. The Bertz CT molecular complexity index is 867. The Hall–Kier alpha value is -2.77. The molecule has 130 valence electrons. The lowest BCUT2D eigenvalue weighted by Gasteiger charge is -2.31. The van der Waals surface area contributed by atoms with E-state index in [1.807, 2.05) is 0 Å². The van der Waals surface area contributed by atoms with Crippen LogP contribution >= 0.6 is 0 Å². The zero-order valence-electron chi connectivity index (χ0n) is 13.7. The van der Waals surface area contributed by atoms with Gasteiger partial charge in [0.25, 0.3) is 0 Å². The van der Waals surface area contributed by atoms with Gasteiger partial charge >= 0.3 is 6.18 Å². The molecule has 0 amide bonds. The third-order valence-electron chi connectivity index (χ3n) is 3.97. The number of hydrogen-bond acceptors (Lipinski definition) is 5. The van der Waals surface area contributed by atoms with E-state index in [2.05, 4.69) is 19.9 Å². The van der Waals surface area contributed by atoms with Crippen molar-refractivity contribution in [1.29, 1.82) is 0 Å². The summed E-state index contributed by atoms with van der Waals surface area (Å²) in [6, 6.07) is 3.39. The second-order valence-corrected chi connectivity index (χ2v) is 5.50. The molecule has 0 unspecified atom stereocenters. The average Bonchev–Trinajstić information content (AvgIpc) is 2.62. The lowest BCUT2D eigenvalue weighted by Crippen LogP contribution is -2.44. The molecule has 25 heavy (non-hydrogen) atoms. The van der Waals surface area contributed by atoms with Crippen LogP contribution in [0.4, 0.5) is 19.0 Å². The number of pyridine rings is 2. The SMILES string of the molecule is CCN(c1nc(-c2ccncc2)nc2cnccc12)[C@@H](C)C(F)(F)F. The number of rotatable bonds is 4. The fraction of sp³-hybridized carbons (Fsp3) is 0.294. The number of hydrogen-bond donors (Lipinski definition) is 0. The highest BCUT2D eigenvalue weighted by Crippen LogP contribution is 2.32. The van der Waals surface area contributed by atoms with Crippen LogP contribution in [0, 0.1) is 0 Å². The van der Waals surface area contributed by atoms with Crippen molar-refractivity contribution in [3.05, 3.63) is 43.0 Å². The van der Waals surface area contributed by atoms with E-state index >= 15 is 0 Å². The molecular weight excluding hydrogens is 331 g/mol. The third-order valence-corrected chi connectivity index (χ3v) is 3.97. The van der Waals surface area contributed by atoms with Gasteiger partial charge in [-0.2, -0.15) is 13.2 Å². The summed E-state index contributed by atoms with van der Waals surface area (Å²) in [5.41, 5.74) is 1.17. The molecule has 0 aliphatic heterocycles. The molecule has 0 N–H and O–H groups in total. The summed E-state index contributed by atoms with van der Waals surface area (Å²) in [6.45, 7) is 2.96. The Morgan fingerprint density at radius 1 is 1.04 bits per heavy atom. The number of anilines is 1. The van der Waals surface area contributed by atoms with Crippen molar-refractivity contribution in [3.63, 3.8) is 0 Å². The van der Waals surface area contributed by atoms with E-state index in [1.54, 1.807) is 37.5 Å². The molecule has 0 aromatic carbocycles. The van der Waals surface area contributed by atoms with Gasteiger partial charge in [0.2, 0.25) is 0 Å². The van der Waals surface area contributed by atoms with Gasteiger partial charge in [0.05, 0.1) is 11.7 Å². The fourth-order valence-corrected chi connectivity index (χ4v) is 2.60. The summed E-state index contributed by atoms with van der Waals surface area (Å²) in [6.07, 6.45) is 1.85. The van der Waals surface area contributed by atoms with Gasteiger partial charge in [-0.1, -0.05) is 0 Å². The monoisotopic (exact) mass is 347 g/mol. The molecule has 3 rings (SSSR count). The topological polar surface area (TPSA) is 54.8 Å². The summed E-state index contributed by atoms with van der Waals surface area (Å²) < 4.78 is 39.9. The zero-order chi connectivity index (χ0) is 18.0. The summed E-state index contributed by atoms with van der Waals surface area (Å²) in [5, 5.41) is 0.533. The Morgan fingerprint density at radius 3 is 2.36 bits per heavy atom. The van der Waals surface area contributed by atoms with Gasteiger partial charge in [-0.15, -0.1) is 0 Å². The molecule has 0 radical (unpaired) electrons. The van der Waals surface area contributed by atoms with Crippen LogP contribution < -0.4 is 4.90 Å². The highest BCUT2D eigenvalue weighted by Gasteiger charge is 2.40. The van der Waals surface area contributed by atoms with Crippen LogP contribution in [0.2, 0.25) is 0 Å². The van der Waals surface area contributed by atoms with E-state index in [9.17, 15) is 13.2 Å². The lowest BCUT2D eigenvalue weighted by molar-refractivity contribution is -0.144. The summed E-state index contributed by atoms with van der Waals surface area (Å²) in [7, 11) is 0. The van der Waals surface area contributed by atoms with Crippen LogP contribution in [-0.2, 0) is 0 Å². The van der Waals surface area contributed by atoms with Gasteiger partial charge in [-0.3, -0.25) is 9.97 Å². The van der Waals surface area contributed by atoms with Gasteiger partial charge in [0, 0.05) is 36.1 Å². The van der Waals surface area contributed by atoms with Gasteiger partial charge in [0.15, 0.2) is 5.82 Å². The van der Waals surface area contributed by atoms with E-state index in [1.165, 1.54) is 17.3 Å². The van der Waals surface area contributed by atoms with Crippen LogP contribution in [0.25, 0.3) is 22.3 Å². The molecular formula is C17H16F3N5. The minimum Gasteiger partial charge on any atom is -0.344 e. The molecule has 5 nitrogen and oxygen atoms in total. The average molecular weight is 347 g/mol. The van der Waals surface area contributed by atoms with E-state index in [0.717, 1.165) is 6.92 Å². The summed E-state index contributed by atoms with van der Waals surface area (Å²) in [5.74, 6) is 0.581. The Kier molecular flexibility index (Phi) is 4.52. The van der Waals surface area contributed by atoms with E-state index in [-0.39, 0.29) is 12.4 Å². The van der Waals surface area contributed by atoms with Crippen molar-refractivity contribution in [2.24, 2.45) is 0 Å². The van der Waals surface area contributed by atoms with Crippen molar-refractivity contribution in [1.82, 2.24) is 19.9 Å². The van der Waals surface area contributed by atoms with E-state index in [0.29, 0.717) is 22.3 Å². The number of halogens is 3. The molecule has 0 bridgehead atoms. The molecule has 3 aromatic rings. The van der Waals surface area contributed by atoms with Crippen molar-refractivity contribution in [3.8, 4) is 11.4 Å². The third kappa shape index (κ3) is 3.38. The smallest absolute Gasteiger partial charge is 0.344 e. The second-order valence-electron chi connectivity index (χ2n) is 5.50. The van der Waals surface area contributed by atoms with Crippen LogP contribution in [0.5, 0.6) is 0 Å². The maximum Gasteiger partial charge on any atom is 0.408 e. The first kappa shape index (κ1) is 17.1. The maximum absolute atomic E-state index is 13.3.